The fourth-order valence-corrected chi connectivity index (χ4v) is 3.94. The summed E-state index contributed by atoms with van der Waals surface area (Å²) < 4.78 is 0. The third-order valence-electron chi connectivity index (χ3n) is 4.78. The lowest BCUT2D eigenvalue weighted by molar-refractivity contribution is 0.0931. The molecule has 1 amide bonds. The molecule has 2 N–H and O–H groups in total. The van der Waals surface area contributed by atoms with Gasteiger partial charge in [0.2, 0.25) is 0 Å². The Kier molecular flexibility index (Phi) is 4.90. The first-order valence-corrected chi connectivity index (χ1v) is 9.76. The Morgan fingerprint density at radius 3 is 2.70 bits per heavy atom. The number of carbonyl (C=O) groups excluding carboxylic acids is 1. The fraction of sp³-hybridized carbons (Fsp3) is 0.250. The van der Waals surface area contributed by atoms with Crippen molar-refractivity contribution in [3.63, 3.8) is 0 Å². The van der Waals surface area contributed by atoms with Gasteiger partial charge in [-0.2, -0.15) is 10.4 Å². The highest BCUT2D eigenvalue weighted by Crippen LogP contribution is 2.27. The zero-order chi connectivity index (χ0) is 18.6. The smallest absolute Gasteiger partial charge is 0.251 e. The van der Waals surface area contributed by atoms with Gasteiger partial charge in [0.25, 0.3) is 5.91 Å². The summed E-state index contributed by atoms with van der Waals surface area (Å²) in [5, 5.41) is 21.5. The Morgan fingerprint density at radius 1 is 1.26 bits per heavy atom. The highest BCUT2D eigenvalue weighted by molar-refractivity contribution is 7.13. The number of nitrogens with one attached hydrogen (secondary N) is 2. The summed E-state index contributed by atoms with van der Waals surface area (Å²) in [7, 11) is 0. The first-order chi connectivity index (χ1) is 13.2. The maximum absolute atomic E-state index is 12.4. The second-order valence-corrected chi connectivity index (χ2v) is 7.49. The predicted octanol–water partition coefficient (Wildman–Crippen LogP) is 3.41. The summed E-state index contributed by atoms with van der Waals surface area (Å²) in [6, 6.07) is 15.1. The highest BCUT2D eigenvalue weighted by Gasteiger charge is 2.23. The maximum atomic E-state index is 12.4. The van der Waals surface area contributed by atoms with E-state index in [0.29, 0.717) is 11.1 Å². The normalized spacial score (nSPS) is 14.7. The van der Waals surface area contributed by atoms with E-state index in [-0.39, 0.29) is 11.9 Å². The molecule has 0 saturated carbocycles. The number of nitriles is 1. The summed E-state index contributed by atoms with van der Waals surface area (Å²) in [5.41, 5.74) is 2.18. The molecule has 0 unspecified atom stereocenters. The van der Waals surface area contributed by atoms with Crippen molar-refractivity contribution < 1.29 is 4.79 Å². The lowest BCUT2D eigenvalue weighted by Gasteiger charge is -2.32. The molecule has 1 saturated heterocycles. The molecule has 6 nitrogen and oxygen atoms in total. The average Bonchev–Trinajstić information content (AvgIpc) is 3.40. The van der Waals surface area contributed by atoms with E-state index in [2.05, 4.69) is 44.0 Å². The fourth-order valence-electron chi connectivity index (χ4n) is 3.25. The molecule has 1 aromatic carbocycles. The number of benzene rings is 1. The van der Waals surface area contributed by atoms with Crippen LogP contribution in [-0.4, -0.2) is 35.2 Å². The van der Waals surface area contributed by atoms with Crippen molar-refractivity contribution in [1.29, 1.82) is 5.26 Å². The van der Waals surface area contributed by atoms with Gasteiger partial charge in [-0.25, -0.2) is 0 Å². The van der Waals surface area contributed by atoms with Crippen LogP contribution in [-0.2, 0) is 0 Å². The Balaban J connectivity index is 1.32. The van der Waals surface area contributed by atoms with Crippen LogP contribution >= 0.6 is 11.3 Å². The van der Waals surface area contributed by atoms with Crippen LogP contribution in [0.15, 0.2) is 47.8 Å². The van der Waals surface area contributed by atoms with E-state index < -0.39 is 0 Å². The van der Waals surface area contributed by atoms with Gasteiger partial charge >= 0.3 is 0 Å². The van der Waals surface area contributed by atoms with Crippen LogP contribution in [0.1, 0.15) is 28.8 Å². The minimum Gasteiger partial charge on any atom is -0.355 e. The number of amides is 1. The van der Waals surface area contributed by atoms with Gasteiger partial charge in [-0.3, -0.25) is 9.89 Å². The molecule has 0 aliphatic carbocycles. The number of H-pyrrole nitrogens is 1. The third kappa shape index (κ3) is 3.86. The summed E-state index contributed by atoms with van der Waals surface area (Å²) >= 11 is 1.69. The van der Waals surface area contributed by atoms with Crippen molar-refractivity contribution in [2.24, 2.45) is 0 Å². The highest BCUT2D eigenvalue weighted by atomic mass is 32.1. The molecule has 1 aliphatic rings. The molecule has 27 heavy (non-hydrogen) atoms. The van der Waals surface area contributed by atoms with Crippen molar-refractivity contribution in [2.75, 3.05) is 18.0 Å². The number of carbonyl (C=O) groups is 1. The molecular weight excluding hydrogens is 358 g/mol. The quantitative estimate of drug-likeness (QED) is 0.730. The first kappa shape index (κ1) is 17.3. The monoisotopic (exact) mass is 377 g/mol. The molecule has 1 fully saturated rings. The largest absolute Gasteiger partial charge is 0.355 e. The Labute approximate surface area is 161 Å². The van der Waals surface area contributed by atoms with Gasteiger partial charge in [0.05, 0.1) is 22.2 Å². The zero-order valence-corrected chi connectivity index (χ0v) is 15.5. The minimum absolute atomic E-state index is 0.0855. The van der Waals surface area contributed by atoms with Gasteiger partial charge in [0.15, 0.2) is 5.82 Å². The number of aromatic nitrogens is 2. The second kappa shape index (κ2) is 7.64. The second-order valence-electron chi connectivity index (χ2n) is 6.54. The number of anilines is 1. The molecule has 0 atom stereocenters. The Hall–Kier alpha value is -3.11. The average molecular weight is 377 g/mol. The van der Waals surface area contributed by atoms with Crippen LogP contribution in [0.2, 0.25) is 0 Å². The molecule has 0 bridgehead atoms. The summed E-state index contributed by atoms with van der Waals surface area (Å²) in [4.78, 5) is 15.8. The van der Waals surface area contributed by atoms with Gasteiger partial charge in [0, 0.05) is 30.8 Å². The van der Waals surface area contributed by atoms with E-state index in [1.54, 1.807) is 35.6 Å². The summed E-state index contributed by atoms with van der Waals surface area (Å²) in [5.74, 6) is 0.868. The van der Waals surface area contributed by atoms with Crippen molar-refractivity contribution in [3.05, 3.63) is 59.0 Å². The zero-order valence-electron chi connectivity index (χ0n) is 14.7. The van der Waals surface area contributed by atoms with Gasteiger partial charge in [-0.15, -0.1) is 11.3 Å². The van der Waals surface area contributed by atoms with Crippen molar-refractivity contribution in [2.45, 2.75) is 18.9 Å². The molecule has 7 heteroatoms. The molecule has 0 spiro atoms. The number of aromatic amines is 1. The topological polar surface area (TPSA) is 84.8 Å². The van der Waals surface area contributed by atoms with Crippen LogP contribution in [0, 0.1) is 11.3 Å². The van der Waals surface area contributed by atoms with Crippen LogP contribution in [0.4, 0.5) is 5.82 Å². The number of rotatable bonds is 4. The number of nitrogens with zero attached hydrogens (tertiary/aromatic N) is 3. The molecule has 1 aliphatic heterocycles. The van der Waals surface area contributed by atoms with Crippen molar-refractivity contribution >= 4 is 23.1 Å². The maximum Gasteiger partial charge on any atom is 0.251 e. The van der Waals surface area contributed by atoms with Crippen LogP contribution in [0.25, 0.3) is 10.6 Å². The molecule has 3 aromatic rings. The van der Waals surface area contributed by atoms with E-state index in [1.807, 2.05) is 6.07 Å². The molecular formula is C20H19N5OS. The van der Waals surface area contributed by atoms with E-state index in [9.17, 15) is 4.79 Å². The van der Waals surface area contributed by atoms with Crippen LogP contribution in [0.3, 0.4) is 0 Å². The summed E-state index contributed by atoms with van der Waals surface area (Å²) in [6.45, 7) is 1.71. The van der Waals surface area contributed by atoms with Crippen LogP contribution in [0.5, 0.6) is 0 Å². The predicted molar refractivity (Wildman–Crippen MR) is 106 cm³/mol. The van der Waals surface area contributed by atoms with E-state index >= 15 is 0 Å². The molecule has 3 heterocycles. The first-order valence-electron chi connectivity index (χ1n) is 8.88. The van der Waals surface area contributed by atoms with Gasteiger partial charge < -0.3 is 10.2 Å². The Morgan fingerprint density at radius 2 is 2.04 bits per heavy atom. The van der Waals surface area contributed by atoms with Crippen LogP contribution < -0.4 is 10.2 Å². The van der Waals surface area contributed by atoms with Gasteiger partial charge in [-0.05, 0) is 48.6 Å². The molecule has 136 valence electrons. The van der Waals surface area contributed by atoms with E-state index in [4.69, 9.17) is 5.26 Å². The number of thiophene rings is 1. The standard InChI is InChI=1S/C20H19N5OS/c21-13-14-3-5-15(6-4-14)20(26)22-16-7-9-25(10-8-16)19-12-17(23-24-19)18-2-1-11-27-18/h1-6,11-12,16H,7-10H2,(H,22,26)(H,23,24). The number of piperidine rings is 1. The number of hydrogen-bond acceptors (Lipinski definition) is 5. The van der Waals surface area contributed by atoms with Crippen molar-refractivity contribution in [3.8, 4) is 16.6 Å². The Bertz CT molecular complexity index is 947. The summed E-state index contributed by atoms with van der Waals surface area (Å²) in [6.07, 6.45) is 1.76. The number of hydrogen-bond donors (Lipinski definition) is 2. The van der Waals surface area contributed by atoms with Gasteiger partial charge in [-0.1, -0.05) is 6.07 Å². The third-order valence-corrected chi connectivity index (χ3v) is 5.68. The molecule has 2 aromatic heterocycles. The SMILES string of the molecule is N#Cc1ccc(C(=O)NC2CCN(c3cc(-c4cccs4)[nH]n3)CC2)cc1. The molecule has 4 rings (SSSR count). The molecule has 0 radical (unpaired) electrons. The van der Waals surface area contributed by atoms with Gasteiger partial charge in [0.1, 0.15) is 0 Å². The van der Waals surface area contributed by atoms with E-state index in [0.717, 1.165) is 37.4 Å². The lowest BCUT2D eigenvalue weighted by Crippen LogP contribution is -2.44. The van der Waals surface area contributed by atoms with E-state index in [1.165, 1.54) is 4.88 Å². The van der Waals surface area contributed by atoms with Crippen molar-refractivity contribution in [1.82, 2.24) is 15.5 Å². The lowest BCUT2D eigenvalue weighted by atomic mass is 10.0. The minimum atomic E-state index is -0.0855.